The minimum atomic E-state index is -0.255. The van der Waals surface area contributed by atoms with Gasteiger partial charge in [0.2, 0.25) is 0 Å². The van der Waals surface area contributed by atoms with Crippen LogP contribution in [-0.2, 0) is 11.8 Å². The standard InChI is InChI=1S/C33H22S/c1-2-20-10-9-14-24-21-11-3-6-15-27(21)33(32(20)24)28-16-7-4-12-22(28)25-18-26-23-13-5-8-17-30(23)34-31(26)19-29(25)33/h3-19H,2H2,1H3. The molecule has 1 unspecified atom stereocenters. The van der Waals surface area contributed by atoms with Gasteiger partial charge in [0.1, 0.15) is 0 Å². The quantitative estimate of drug-likeness (QED) is 0.234. The molecule has 1 spiro atoms. The van der Waals surface area contributed by atoms with Crippen molar-refractivity contribution in [2.75, 3.05) is 0 Å². The van der Waals surface area contributed by atoms with Gasteiger partial charge < -0.3 is 0 Å². The highest BCUT2D eigenvalue weighted by Crippen LogP contribution is 2.64. The summed E-state index contributed by atoms with van der Waals surface area (Å²) >= 11 is 1.92. The van der Waals surface area contributed by atoms with E-state index in [4.69, 9.17) is 0 Å². The summed E-state index contributed by atoms with van der Waals surface area (Å²) in [6.45, 7) is 2.29. The van der Waals surface area contributed by atoms with E-state index < -0.39 is 0 Å². The molecule has 5 aromatic carbocycles. The Kier molecular flexibility index (Phi) is 3.56. The van der Waals surface area contributed by atoms with E-state index in [9.17, 15) is 0 Å². The highest BCUT2D eigenvalue weighted by atomic mass is 32.1. The maximum atomic E-state index is 2.52. The molecular weight excluding hydrogens is 428 g/mol. The van der Waals surface area contributed by atoms with Crippen LogP contribution in [0.2, 0.25) is 0 Å². The highest BCUT2D eigenvalue weighted by molar-refractivity contribution is 7.25. The number of hydrogen-bond donors (Lipinski definition) is 0. The van der Waals surface area contributed by atoms with Crippen molar-refractivity contribution < 1.29 is 0 Å². The van der Waals surface area contributed by atoms with Crippen molar-refractivity contribution in [3.63, 3.8) is 0 Å². The maximum Gasteiger partial charge on any atom is 0.0728 e. The topological polar surface area (TPSA) is 0 Å². The zero-order chi connectivity index (χ0) is 22.4. The van der Waals surface area contributed by atoms with Crippen molar-refractivity contribution >= 4 is 31.5 Å². The third-order valence-corrected chi connectivity index (χ3v) is 9.20. The molecule has 1 atom stereocenters. The van der Waals surface area contributed by atoms with Crippen LogP contribution in [0.1, 0.15) is 34.7 Å². The van der Waals surface area contributed by atoms with Crippen molar-refractivity contribution in [1.29, 1.82) is 0 Å². The Bertz CT molecular complexity index is 1800. The molecule has 1 aromatic heterocycles. The van der Waals surface area contributed by atoms with E-state index in [1.165, 1.54) is 70.2 Å². The van der Waals surface area contributed by atoms with Gasteiger partial charge in [0, 0.05) is 20.2 Å². The first-order valence-corrected chi connectivity index (χ1v) is 12.9. The molecule has 2 aliphatic rings. The fourth-order valence-electron chi connectivity index (χ4n) is 6.80. The van der Waals surface area contributed by atoms with E-state index >= 15 is 0 Å². The van der Waals surface area contributed by atoms with Gasteiger partial charge in [0.15, 0.2) is 0 Å². The third-order valence-electron chi connectivity index (χ3n) is 8.07. The number of fused-ring (bicyclic) bond motifs is 13. The second-order valence-electron chi connectivity index (χ2n) is 9.53. The van der Waals surface area contributed by atoms with E-state index in [1.54, 1.807) is 0 Å². The largest absolute Gasteiger partial charge is 0.135 e. The molecule has 0 aliphatic heterocycles. The molecule has 8 rings (SSSR count). The van der Waals surface area contributed by atoms with Gasteiger partial charge in [-0.1, -0.05) is 91.9 Å². The maximum absolute atomic E-state index is 2.52. The van der Waals surface area contributed by atoms with Gasteiger partial charge in [-0.2, -0.15) is 0 Å². The van der Waals surface area contributed by atoms with Crippen molar-refractivity contribution in [2.24, 2.45) is 0 Å². The molecule has 0 fully saturated rings. The Morgan fingerprint density at radius 2 is 1.24 bits per heavy atom. The fourth-order valence-corrected chi connectivity index (χ4v) is 7.92. The molecule has 2 aliphatic carbocycles. The van der Waals surface area contributed by atoms with E-state index in [1.807, 2.05) is 11.3 Å². The van der Waals surface area contributed by atoms with E-state index in [0.717, 1.165) is 6.42 Å². The highest BCUT2D eigenvalue weighted by Gasteiger charge is 2.52. The summed E-state index contributed by atoms with van der Waals surface area (Å²) in [5, 5.41) is 2.74. The Morgan fingerprint density at radius 3 is 2.03 bits per heavy atom. The van der Waals surface area contributed by atoms with Crippen molar-refractivity contribution in [2.45, 2.75) is 18.8 Å². The predicted octanol–water partition coefficient (Wildman–Crippen LogP) is 8.96. The van der Waals surface area contributed by atoms with Gasteiger partial charge in [0.05, 0.1) is 5.41 Å². The van der Waals surface area contributed by atoms with Crippen LogP contribution in [0.4, 0.5) is 0 Å². The Balaban J connectivity index is 1.61. The third kappa shape index (κ3) is 2.06. The van der Waals surface area contributed by atoms with Crippen molar-refractivity contribution in [3.8, 4) is 22.3 Å². The van der Waals surface area contributed by atoms with Gasteiger partial charge in [-0.05, 0) is 74.7 Å². The van der Waals surface area contributed by atoms with E-state index in [0.29, 0.717) is 0 Å². The molecule has 0 radical (unpaired) electrons. The van der Waals surface area contributed by atoms with Crippen molar-refractivity contribution in [1.82, 2.24) is 0 Å². The number of hydrogen-bond acceptors (Lipinski definition) is 1. The molecule has 0 nitrogen and oxygen atoms in total. The van der Waals surface area contributed by atoms with Crippen LogP contribution in [0, 0.1) is 0 Å². The molecule has 0 saturated heterocycles. The van der Waals surface area contributed by atoms with Gasteiger partial charge in [-0.3, -0.25) is 0 Å². The van der Waals surface area contributed by atoms with Crippen molar-refractivity contribution in [3.05, 3.63) is 131 Å². The average molecular weight is 451 g/mol. The molecule has 6 aromatic rings. The average Bonchev–Trinajstić information content (AvgIpc) is 3.51. The van der Waals surface area contributed by atoms with Crippen LogP contribution in [0.25, 0.3) is 42.4 Å². The molecule has 34 heavy (non-hydrogen) atoms. The summed E-state index contributed by atoms with van der Waals surface area (Å²) in [7, 11) is 0. The van der Waals surface area contributed by atoms with Crippen LogP contribution in [0.15, 0.2) is 103 Å². The van der Waals surface area contributed by atoms with Crippen LogP contribution in [0.3, 0.4) is 0 Å². The zero-order valence-corrected chi connectivity index (χ0v) is 19.7. The number of rotatable bonds is 1. The first kappa shape index (κ1) is 18.7. The SMILES string of the molecule is CCc1cccc2c1C1(c3ccccc3-c3cc4c(cc31)sc1ccccc14)c1ccccc1-2. The fraction of sp³-hybridized carbons (Fsp3) is 0.0909. The summed E-state index contributed by atoms with van der Waals surface area (Å²) in [4.78, 5) is 0. The van der Waals surface area contributed by atoms with E-state index in [2.05, 4.69) is 110 Å². The Hall–Kier alpha value is -3.68. The number of thiophene rings is 1. The van der Waals surface area contributed by atoms with Crippen LogP contribution >= 0.6 is 11.3 Å². The molecule has 0 saturated carbocycles. The Labute approximate surface area is 203 Å². The lowest BCUT2D eigenvalue weighted by atomic mass is 9.69. The molecule has 0 N–H and O–H groups in total. The van der Waals surface area contributed by atoms with E-state index in [-0.39, 0.29) is 5.41 Å². The minimum Gasteiger partial charge on any atom is -0.135 e. The lowest BCUT2D eigenvalue weighted by molar-refractivity contribution is 0.780. The predicted molar refractivity (Wildman–Crippen MR) is 145 cm³/mol. The number of aryl methyl sites for hydroxylation is 1. The summed E-state index contributed by atoms with van der Waals surface area (Å²) in [5.41, 5.74) is 12.5. The molecular formula is C33H22S. The zero-order valence-electron chi connectivity index (χ0n) is 18.9. The Morgan fingerprint density at radius 1 is 0.559 bits per heavy atom. The molecule has 0 amide bonds. The summed E-state index contributed by atoms with van der Waals surface area (Å²) < 4.78 is 2.75. The summed E-state index contributed by atoms with van der Waals surface area (Å²) in [5.74, 6) is 0. The van der Waals surface area contributed by atoms with Crippen LogP contribution in [0.5, 0.6) is 0 Å². The first-order valence-electron chi connectivity index (χ1n) is 12.1. The molecule has 1 heteroatoms. The van der Waals surface area contributed by atoms with Gasteiger partial charge in [-0.15, -0.1) is 11.3 Å². The van der Waals surface area contributed by atoms with Gasteiger partial charge in [-0.25, -0.2) is 0 Å². The monoisotopic (exact) mass is 450 g/mol. The lowest BCUT2D eigenvalue weighted by Crippen LogP contribution is -2.27. The normalized spacial score (nSPS) is 17.2. The summed E-state index contributed by atoms with van der Waals surface area (Å²) in [6, 6.07) is 39.0. The lowest BCUT2D eigenvalue weighted by Gasteiger charge is -2.32. The minimum absolute atomic E-state index is 0.255. The second kappa shape index (κ2) is 6.46. The summed E-state index contributed by atoms with van der Waals surface area (Å²) in [6.07, 6.45) is 1.03. The molecule has 1 heterocycles. The van der Waals surface area contributed by atoms with Crippen LogP contribution < -0.4 is 0 Å². The van der Waals surface area contributed by atoms with Gasteiger partial charge >= 0.3 is 0 Å². The number of benzene rings is 5. The smallest absolute Gasteiger partial charge is 0.0728 e. The molecule has 0 bridgehead atoms. The molecule has 160 valence electrons. The second-order valence-corrected chi connectivity index (χ2v) is 10.6. The first-order chi connectivity index (χ1) is 16.8. The van der Waals surface area contributed by atoms with Crippen LogP contribution in [-0.4, -0.2) is 0 Å². The van der Waals surface area contributed by atoms with Gasteiger partial charge in [0.25, 0.3) is 0 Å².